The summed E-state index contributed by atoms with van der Waals surface area (Å²) in [6, 6.07) is 12.0. The lowest BCUT2D eigenvalue weighted by atomic mass is 9.92. The molecular formula is C22H24ClN3O3. The summed E-state index contributed by atoms with van der Waals surface area (Å²) in [5.74, 6) is -0.885. The number of anilines is 1. The number of benzene rings is 2. The summed E-state index contributed by atoms with van der Waals surface area (Å²) in [5.41, 5.74) is 2.15. The van der Waals surface area contributed by atoms with Crippen molar-refractivity contribution >= 4 is 35.1 Å². The first-order chi connectivity index (χ1) is 13.8. The third-order valence-electron chi connectivity index (χ3n) is 5.26. The molecule has 0 radical (unpaired) electrons. The molecule has 0 spiro atoms. The smallest absolute Gasteiger partial charge is 0.324 e. The number of hydrogen-bond donors (Lipinski definition) is 2. The normalized spacial score (nSPS) is 18.7. The summed E-state index contributed by atoms with van der Waals surface area (Å²) in [5, 5.41) is 6.12. The molecule has 3 rings (SSSR count). The minimum atomic E-state index is -1.24. The molecule has 0 aromatic heterocycles. The van der Waals surface area contributed by atoms with E-state index < -0.39 is 23.4 Å². The van der Waals surface area contributed by atoms with Gasteiger partial charge in [0.05, 0.1) is 0 Å². The molecule has 1 saturated heterocycles. The number of urea groups is 1. The molecular weight excluding hydrogens is 390 g/mol. The predicted octanol–water partition coefficient (Wildman–Crippen LogP) is 3.87. The first-order valence-electron chi connectivity index (χ1n) is 9.61. The zero-order valence-corrected chi connectivity index (χ0v) is 17.5. The van der Waals surface area contributed by atoms with E-state index in [0.717, 1.165) is 34.6 Å². The van der Waals surface area contributed by atoms with Crippen LogP contribution in [0.2, 0.25) is 5.02 Å². The second-order valence-electron chi connectivity index (χ2n) is 7.16. The highest BCUT2D eigenvalue weighted by Crippen LogP contribution is 2.30. The number of hydrogen-bond acceptors (Lipinski definition) is 3. The van der Waals surface area contributed by atoms with Gasteiger partial charge < -0.3 is 10.6 Å². The third-order valence-corrected chi connectivity index (χ3v) is 5.51. The molecule has 152 valence electrons. The molecule has 1 fully saturated rings. The minimum Gasteiger partial charge on any atom is -0.324 e. The molecule has 2 aromatic rings. The van der Waals surface area contributed by atoms with Gasteiger partial charge in [-0.2, -0.15) is 0 Å². The second-order valence-corrected chi connectivity index (χ2v) is 7.60. The van der Waals surface area contributed by atoms with Crippen molar-refractivity contribution in [3.63, 3.8) is 0 Å². The zero-order valence-electron chi connectivity index (χ0n) is 16.7. The van der Waals surface area contributed by atoms with E-state index in [0.29, 0.717) is 10.6 Å². The monoisotopic (exact) mass is 413 g/mol. The Morgan fingerprint density at radius 3 is 2.21 bits per heavy atom. The van der Waals surface area contributed by atoms with Gasteiger partial charge >= 0.3 is 6.03 Å². The molecule has 1 aliphatic heterocycles. The lowest BCUT2D eigenvalue weighted by Gasteiger charge is -2.22. The Hall–Kier alpha value is -2.86. The number of aryl methyl sites for hydroxylation is 2. The van der Waals surface area contributed by atoms with Crippen LogP contribution in [0.5, 0.6) is 0 Å². The van der Waals surface area contributed by atoms with Gasteiger partial charge in [-0.25, -0.2) is 4.79 Å². The molecule has 0 bridgehead atoms. The van der Waals surface area contributed by atoms with E-state index in [1.165, 1.54) is 0 Å². The van der Waals surface area contributed by atoms with E-state index in [1.54, 1.807) is 31.2 Å². The number of halogens is 1. The van der Waals surface area contributed by atoms with E-state index in [2.05, 4.69) is 10.6 Å². The van der Waals surface area contributed by atoms with Gasteiger partial charge in [-0.3, -0.25) is 14.5 Å². The molecule has 1 aliphatic rings. The highest BCUT2D eigenvalue weighted by molar-refractivity contribution is 6.30. The zero-order chi connectivity index (χ0) is 21.2. The average Bonchev–Trinajstić information content (AvgIpc) is 2.92. The highest BCUT2D eigenvalue weighted by atomic mass is 35.5. The van der Waals surface area contributed by atoms with Crippen LogP contribution >= 0.6 is 11.6 Å². The summed E-state index contributed by atoms with van der Waals surface area (Å²) in [6.45, 7) is 5.30. The summed E-state index contributed by atoms with van der Waals surface area (Å²) in [7, 11) is 0. The van der Waals surface area contributed by atoms with E-state index >= 15 is 0 Å². The maximum atomic E-state index is 13.0. The Labute approximate surface area is 175 Å². The van der Waals surface area contributed by atoms with E-state index in [1.807, 2.05) is 32.0 Å². The molecule has 0 aliphatic carbocycles. The Morgan fingerprint density at radius 2 is 1.66 bits per heavy atom. The van der Waals surface area contributed by atoms with Crippen molar-refractivity contribution in [2.75, 3.05) is 11.9 Å². The van der Waals surface area contributed by atoms with Gasteiger partial charge in [0.25, 0.3) is 5.91 Å². The number of nitrogens with zero attached hydrogens (tertiary/aromatic N) is 1. The first kappa shape index (κ1) is 20.9. The molecule has 29 heavy (non-hydrogen) atoms. The molecule has 4 amide bonds. The Bertz CT molecular complexity index is 936. The maximum absolute atomic E-state index is 13.0. The molecule has 1 atom stereocenters. The largest absolute Gasteiger partial charge is 0.325 e. The highest BCUT2D eigenvalue weighted by Gasteiger charge is 2.49. The number of amides is 4. The van der Waals surface area contributed by atoms with Crippen molar-refractivity contribution in [2.24, 2.45) is 0 Å². The summed E-state index contributed by atoms with van der Waals surface area (Å²) in [6.07, 6.45) is 1.53. The lowest BCUT2D eigenvalue weighted by molar-refractivity contribution is -0.133. The van der Waals surface area contributed by atoms with E-state index in [4.69, 9.17) is 11.6 Å². The standard InChI is InChI=1S/C22H24ClN3O3/c1-4-14-7-6-8-15(5-2)19(14)24-18(27)13-26-20(28)22(3,25-21(26)29)16-9-11-17(23)12-10-16/h6-12H,4-5,13H2,1-3H3,(H,24,27)(H,25,29)/t22-/m1/s1. The van der Waals surface area contributed by atoms with Crippen LogP contribution in [0.1, 0.15) is 37.5 Å². The Kier molecular flexibility index (Phi) is 5.94. The fourth-order valence-electron chi connectivity index (χ4n) is 3.55. The number of carbonyl (C=O) groups is 3. The molecule has 7 heteroatoms. The number of carbonyl (C=O) groups excluding carboxylic acids is 3. The van der Waals surface area contributed by atoms with Crippen molar-refractivity contribution in [3.05, 3.63) is 64.2 Å². The fraction of sp³-hybridized carbons (Fsp3) is 0.318. The van der Waals surface area contributed by atoms with Gasteiger partial charge in [-0.15, -0.1) is 0 Å². The summed E-state index contributed by atoms with van der Waals surface area (Å²) in [4.78, 5) is 39.1. The Balaban J connectivity index is 1.79. The minimum absolute atomic E-state index is 0.352. The van der Waals surface area contributed by atoms with Crippen LogP contribution in [0.15, 0.2) is 42.5 Å². The SMILES string of the molecule is CCc1cccc(CC)c1NC(=O)CN1C(=O)N[C@](C)(c2ccc(Cl)cc2)C1=O. The van der Waals surface area contributed by atoms with Gasteiger partial charge in [-0.05, 0) is 48.6 Å². The summed E-state index contributed by atoms with van der Waals surface area (Å²) >= 11 is 5.92. The van der Waals surface area contributed by atoms with Crippen LogP contribution in [0.25, 0.3) is 0 Å². The topological polar surface area (TPSA) is 78.5 Å². The number of imide groups is 1. The average molecular weight is 414 g/mol. The van der Waals surface area contributed by atoms with Crippen LogP contribution in [-0.4, -0.2) is 29.3 Å². The molecule has 0 saturated carbocycles. The van der Waals surface area contributed by atoms with Gasteiger partial charge in [0.15, 0.2) is 0 Å². The molecule has 6 nitrogen and oxygen atoms in total. The van der Waals surface area contributed by atoms with Crippen molar-refractivity contribution in [1.29, 1.82) is 0 Å². The van der Waals surface area contributed by atoms with E-state index in [-0.39, 0.29) is 6.54 Å². The van der Waals surface area contributed by atoms with Crippen LogP contribution in [-0.2, 0) is 28.0 Å². The van der Waals surface area contributed by atoms with E-state index in [9.17, 15) is 14.4 Å². The first-order valence-corrected chi connectivity index (χ1v) is 9.98. The second kappa shape index (κ2) is 8.25. The van der Waals surface area contributed by atoms with Crippen molar-refractivity contribution in [2.45, 2.75) is 39.2 Å². The van der Waals surface area contributed by atoms with Crippen LogP contribution < -0.4 is 10.6 Å². The molecule has 0 unspecified atom stereocenters. The lowest BCUT2D eigenvalue weighted by Crippen LogP contribution is -2.42. The summed E-state index contributed by atoms with van der Waals surface area (Å²) < 4.78 is 0. The predicted molar refractivity (Wildman–Crippen MR) is 113 cm³/mol. The van der Waals surface area contributed by atoms with Crippen molar-refractivity contribution in [3.8, 4) is 0 Å². The quantitative estimate of drug-likeness (QED) is 0.705. The van der Waals surface area contributed by atoms with Gasteiger partial charge in [0, 0.05) is 10.7 Å². The third kappa shape index (κ3) is 3.98. The Morgan fingerprint density at radius 1 is 1.07 bits per heavy atom. The van der Waals surface area contributed by atoms with Gasteiger partial charge in [-0.1, -0.05) is 55.8 Å². The van der Waals surface area contributed by atoms with Gasteiger partial charge in [0.1, 0.15) is 12.1 Å². The fourth-order valence-corrected chi connectivity index (χ4v) is 3.67. The number of nitrogens with one attached hydrogen (secondary N) is 2. The molecule has 2 aromatic carbocycles. The molecule has 2 N–H and O–H groups in total. The van der Waals surface area contributed by atoms with Crippen molar-refractivity contribution < 1.29 is 14.4 Å². The van der Waals surface area contributed by atoms with Gasteiger partial charge in [0.2, 0.25) is 5.91 Å². The van der Waals surface area contributed by atoms with Crippen LogP contribution in [0.4, 0.5) is 10.5 Å². The van der Waals surface area contributed by atoms with Crippen molar-refractivity contribution in [1.82, 2.24) is 10.2 Å². The van der Waals surface area contributed by atoms with Crippen LogP contribution in [0.3, 0.4) is 0 Å². The van der Waals surface area contributed by atoms with Crippen LogP contribution in [0, 0.1) is 0 Å². The molecule has 1 heterocycles. The maximum Gasteiger partial charge on any atom is 0.325 e. The number of para-hydroxylation sites is 1. The number of rotatable bonds is 6.